The summed E-state index contributed by atoms with van der Waals surface area (Å²) in [6, 6.07) is 8.07. The average molecular weight is 352 g/mol. The highest BCUT2D eigenvalue weighted by Gasteiger charge is 2.11. The lowest BCUT2D eigenvalue weighted by Gasteiger charge is -2.08. The first-order valence-electron chi connectivity index (χ1n) is 8.15. The van der Waals surface area contributed by atoms with Crippen LogP contribution in [0.1, 0.15) is 29.1 Å². The highest BCUT2D eigenvalue weighted by atomic mass is 19.1. The molecule has 1 aromatic carbocycles. The lowest BCUT2D eigenvalue weighted by molar-refractivity contribution is 0.377. The van der Waals surface area contributed by atoms with Crippen LogP contribution in [0.5, 0.6) is 0 Å². The number of halogens is 1. The Morgan fingerprint density at radius 1 is 1.19 bits per heavy atom. The Balaban J connectivity index is 1.56. The van der Waals surface area contributed by atoms with Crippen molar-refractivity contribution < 1.29 is 8.91 Å². The number of anilines is 1. The van der Waals surface area contributed by atoms with E-state index >= 15 is 0 Å². The fourth-order valence-corrected chi connectivity index (χ4v) is 2.39. The normalized spacial score (nSPS) is 10.5. The Bertz CT molecular complexity index is 945. The molecule has 1 N–H and O–H groups in total. The number of aryl methyl sites for hydroxylation is 2. The molecule has 26 heavy (non-hydrogen) atoms. The van der Waals surface area contributed by atoms with Crippen molar-refractivity contribution in [3.05, 3.63) is 52.8 Å². The van der Waals surface area contributed by atoms with Crippen LogP contribution in [0, 0.1) is 31.0 Å². The summed E-state index contributed by atoms with van der Waals surface area (Å²) in [7, 11) is 0. The zero-order chi connectivity index (χ0) is 18.5. The predicted octanol–water partition coefficient (Wildman–Crippen LogP) is 3.20. The van der Waals surface area contributed by atoms with Crippen LogP contribution in [0.2, 0.25) is 0 Å². The molecular weight excluding hydrogens is 335 g/mol. The van der Waals surface area contributed by atoms with Crippen molar-refractivity contribution in [1.29, 1.82) is 5.26 Å². The molecule has 132 valence electrons. The zero-order valence-corrected chi connectivity index (χ0v) is 14.5. The van der Waals surface area contributed by atoms with Gasteiger partial charge in [0.15, 0.2) is 5.82 Å². The van der Waals surface area contributed by atoms with Gasteiger partial charge in [-0.1, -0.05) is 5.16 Å². The van der Waals surface area contributed by atoms with E-state index in [-0.39, 0.29) is 5.82 Å². The van der Waals surface area contributed by atoms with Gasteiger partial charge in [0.05, 0.1) is 5.69 Å². The van der Waals surface area contributed by atoms with Gasteiger partial charge >= 0.3 is 0 Å². The van der Waals surface area contributed by atoms with E-state index < -0.39 is 0 Å². The van der Waals surface area contributed by atoms with Crippen molar-refractivity contribution in [2.45, 2.75) is 26.7 Å². The molecule has 0 saturated heterocycles. The van der Waals surface area contributed by atoms with Gasteiger partial charge in [-0.25, -0.2) is 4.39 Å². The topological polar surface area (TPSA) is 101 Å². The van der Waals surface area contributed by atoms with Crippen molar-refractivity contribution in [3.63, 3.8) is 0 Å². The number of nitriles is 1. The molecule has 7 nitrogen and oxygen atoms in total. The smallest absolute Gasteiger partial charge is 0.227 e. The molecule has 0 saturated carbocycles. The fraction of sp³-hybridized carbons (Fsp3) is 0.278. The Hall–Kier alpha value is -3.34. The van der Waals surface area contributed by atoms with E-state index in [0.717, 1.165) is 11.3 Å². The van der Waals surface area contributed by atoms with Crippen LogP contribution in [-0.2, 0) is 6.42 Å². The van der Waals surface area contributed by atoms with Crippen molar-refractivity contribution in [2.24, 2.45) is 0 Å². The molecule has 0 bridgehead atoms. The van der Waals surface area contributed by atoms with Crippen LogP contribution in [0.25, 0.3) is 11.4 Å². The third-order valence-corrected chi connectivity index (χ3v) is 4.00. The Kier molecular flexibility index (Phi) is 5.17. The summed E-state index contributed by atoms with van der Waals surface area (Å²) >= 11 is 0. The number of benzene rings is 1. The summed E-state index contributed by atoms with van der Waals surface area (Å²) in [4.78, 5) is 4.31. The lowest BCUT2D eigenvalue weighted by atomic mass is 10.1. The van der Waals surface area contributed by atoms with E-state index in [1.165, 1.54) is 12.1 Å². The molecular formula is C18H17FN6O. The summed E-state index contributed by atoms with van der Waals surface area (Å²) in [6.07, 6.45) is 1.28. The van der Waals surface area contributed by atoms with Crippen LogP contribution in [-0.4, -0.2) is 26.9 Å². The van der Waals surface area contributed by atoms with E-state index in [9.17, 15) is 9.65 Å². The fourth-order valence-electron chi connectivity index (χ4n) is 2.39. The van der Waals surface area contributed by atoms with Crippen LogP contribution in [0.4, 0.5) is 10.2 Å². The number of hydrogen-bond acceptors (Lipinski definition) is 7. The summed E-state index contributed by atoms with van der Waals surface area (Å²) in [5.74, 6) is 1.10. The minimum atomic E-state index is -0.310. The van der Waals surface area contributed by atoms with Gasteiger partial charge in [0.2, 0.25) is 11.7 Å². The molecule has 0 fully saturated rings. The second kappa shape index (κ2) is 7.70. The summed E-state index contributed by atoms with van der Waals surface area (Å²) in [5.41, 5.74) is 2.77. The molecule has 0 unspecified atom stereocenters. The molecule has 0 radical (unpaired) electrons. The first-order chi connectivity index (χ1) is 12.6. The highest BCUT2D eigenvalue weighted by molar-refractivity contribution is 5.56. The third kappa shape index (κ3) is 3.83. The summed E-state index contributed by atoms with van der Waals surface area (Å²) in [6.45, 7) is 4.25. The Labute approximate surface area is 149 Å². The maximum Gasteiger partial charge on any atom is 0.227 e. The molecule has 0 aliphatic rings. The number of hydrogen-bond donors (Lipinski definition) is 1. The van der Waals surface area contributed by atoms with Gasteiger partial charge in [-0.05, 0) is 50.1 Å². The van der Waals surface area contributed by atoms with E-state index in [2.05, 4.69) is 31.7 Å². The van der Waals surface area contributed by atoms with E-state index in [1.807, 2.05) is 13.8 Å². The van der Waals surface area contributed by atoms with Crippen molar-refractivity contribution in [2.75, 3.05) is 11.9 Å². The molecule has 2 aromatic heterocycles. The van der Waals surface area contributed by atoms with Crippen LogP contribution >= 0.6 is 0 Å². The first kappa shape index (κ1) is 17.5. The molecule has 0 atom stereocenters. The van der Waals surface area contributed by atoms with Gasteiger partial charge in [-0.15, -0.1) is 5.10 Å². The van der Waals surface area contributed by atoms with Crippen LogP contribution in [0.3, 0.4) is 0 Å². The monoisotopic (exact) mass is 352 g/mol. The largest absolute Gasteiger partial charge is 0.367 e. The van der Waals surface area contributed by atoms with E-state index in [4.69, 9.17) is 4.52 Å². The van der Waals surface area contributed by atoms with Gasteiger partial charge in [-0.3, -0.25) is 0 Å². The minimum absolute atomic E-state index is 0.310. The molecule has 2 heterocycles. The molecule has 3 aromatic rings. The second-order valence-electron chi connectivity index (χ2n) is 5.79. The number of aromatic nitrogens is 4. The average Bonchev–Trinajstić information content (AvgIpc) is 3.11. The number of nitrogens with zero attached hydrogens (tertiary/aromatic N) is 5. The van der Waals surface area contributed by atoms with Gasteiger partial charge < -0.3 is 9.84 Å². The van der Waals surface area contributed by atoms with Gasteiger partial charge in [-0.2, -0.15) is 15.3 Å². The Morgan fingerprint density at radius 2 is 1.96 bits per heavy atom. The molecule has 3 rings (SSSR count). The van der Waals surface area contributed by atoms with Crippen molar-refractivity contribution in [1.82, 2.24) is 20.3 Å². The lowest BCUT2D eigenvalue weighted by Crippen LogP contribution is -2.09. The molecule has 8 heteroatoms. The molecule has 0 spiro atoms. The standard InChI is InChI=1S/C18H17FN6O/c1-11-12(2)23-24-18(15(11)10-20)21-9-3-4-16-22-17(25-26-16)13-5-7-14(19)8-6-13/h5-8H,3-4,9H2,1-2H3,(H,21,24). The van der Waals surface area contributed by atoms with Crippen LogP contribution < -0.4 is 5.32 Å². The Morgan fingerprint density at radius 3 is 2.69 bits per heavy atom. The molecule has 0 aliphatic heterocycles. The number of nitrogens with one attached hydrogen (secondary N) is 1. The minimum Gasteiger partial charge on any atom is -0.367 e. The summed E-state index contributed by atoms with van der Waals surface area (Å²) in [5, 5.41) is 24.4. The van der Waals surface area contributed by atoms with E-state index in [1.54, 1.807) is 12.1 Å². The maximum atomic E-state index is 13.0. The zero-order valence-electron chi connectivity index (χ0n) is 14.5. The third-order valence-electron chi connectivity index (χ3n) is 4.00. The highest BCUT2D eigenvalue weighted by Crippen LogP contribution is 2.18. The van der Waals surface area contributed by atoms with E-state index in [0.29, 0.717) is 48.0 Å². The van der Waals surface area contributed by atoms with Crippen molar-refractivity contribution in [3.8, 4) is 17.5 Å². The molecule has 0 amide bonds. The van der Waals surface area contributed by atoms with Gasteiger partial charge in [0.1, 0.15) is 17.4 Å². The predicted molar refractivity (Wildman–Crippen MR) is 92.7 cm³/mol. The second-order valence-corrected chi connectivity index (χ2v) is 5.79. The van der Waals surface area contributed by atoms with Crippen molar-refractivity contribution >= 4 is 5.82 Å². The quantitative estimate of drug-likeness (QED) is 0.680. The first-order valence-corrected chi connectivity index (χ1v) is 8.15. The van der Waals surface area contributed by atoms with Gasteiger partial charge in [0, 0.05) is 18.5 Å². The molecule has 0 aliphatic carbocycles. The number of rotatable bonds is 6. The maximum absolute atomic E-state index is 13.0. The SMILES string of the molecule is Cc1nnc(NCCCc2nc(-c3ccc(F)cc3)no2)c(C#N)c1C. The van der Waals surface area contributed by atoms with Crippen LogP contribution in [0.15, 0.2) is 28.8 Å². The van der Waals surface area contributed by atoms with Gasteiger partial charge in [0.25, 0.3) is 0 Å². The summed E-state index contributed by atoms with van der Waals surface area (Å²) < 4.78 is 18.2.